The summed E-state index contributed by atoms with van der Waals surface area (Å²) in [5.41, 5.74) is 16.1. The SMILES string of the molecule is Cl.Nc1nc(Oc2ccc(C[C@H](N)C(=O)O)cc2)c2ccn(Cc3ccc(F)cc3-c3ccc(CO)cc3)c2n1. The smallest absolute Gasteiger partial charge is 0.320 e. The summed E-state index contributed by atoms with van der Waals surface area (Å²) in [6.45, 7) is 0.315. The molecule has 5 rings (SSSR count). The molecule has 206 valence electrons. The van der Waals surface area contributed by atoms with E-state index in [-0.39, 0.29) is 43.1 Å². The first-order valence-corrected chi connectivity index (χ1v) is 12.2. The Labute approximate surface area is 235 Å². The van der Waals surface area contributed by atoms with E-state index in [4.69, 9.17) is 21.3 Å². The van der Waals surface area contributed by atoms with Gasteiger partial charge in [-0.1, -0.05) is 42.5 Å². The zero-order valence-electron chi connectivity index (χ0n) is 21.2. The molecule has 2 heterocycles. The van der Waals surface area contributed by atoms with Crippen LogP contribution in [0.25, 0.3) is 22.2 Å². The van der Waals surface area contributed by atoms with Crippen molar-refractivity contribution >= 4 is 35.4 Å². The number of hydrogen-bond donors (Lipinski definition) is 4. The minimum atomic E-state index is -1.06. The van der Waals surface area contributed by atoms with Crippen LogP contribution in [0.5, 0.6) is 11.6 Å². The van der Waals surface area contributed by atoms with Gasteiger partial charge in [-0.05, 0) is 64.6 Å². The van der Waals surface area contributed by atoms with Gasteiger partial charge in [-0.25, -0.2) is 4.39 Å². The lowest BCUT2D eigenvalue weighted by molar-refractivity contribution is -0.138. The van der Waals surface area contributed by atoms with Gasteiger partial charge >= 0.3 is 5.97 Å². The van der Waals surface area contributed by atoms with E-state index < -0.39 is 12.0 Å². The fourth-order valence-corrected chi connectivity index (χ4v) is 4.33. The van der Waals surface area contributed by atoms with Gasteiger partial charge < -0.3 is 31.0 Å². The second-order valence-electron chi connectivity index (χ2n) is 9.12. The summed E-state index contributed by atoms with van der Waals surface area (Å²) >= 11 is 0. The highest BCUT2D eigenvalue weighted by Gasteiger charge is 2.16. The molecule has 0 amide bonds. The van der Waals surface area contributed by atoms with Gasteiger partial charge in [-0.2, -0.15) is 9.97 Å². The average molecular weight is 564 g/mol. The molecule has 0 fully saturated rings. The Balaban J connectivity index is 0.00000370. The Morgan fingerprint density at radius 1 is 1.00 bits per heavy atom. The first kappa shape index (κ1) is 28.5. The number of ether oxygens (including phenoxy) is 1. The summed E-state index contributed by atoms with van der Waals surface area (Å²) in [4.78, 5) is 19.7. The molecule has 0 saturated heterocycles. The summed E-state index contributed by atoms with van der Waals surface area (Å²) in [5, 5.41) is 19.0. The lowest BCUT2D eigenvalue weighted by Crippen LogP contribution is -2.32. The number of aliphatic hydroxyl groups is 1. The van der Waals surface area contributed by atoms with E-state index >= 15 is 0 Å². The maximum atomic E-state index is 14.2. The van der Waals surface area contributed by atoms with E-state index in [2.05, 4.69) is 9.97 Å². The van der Waals surface area contributed by atoms with Crippen LogP contribution in [0.4, 0.5) is 10.3 Å². The Hall–Kier alpha value is -4.51. The number of nitrogens with zero attached hydrogens (tertiary/aromatic N) is 3. The summed E-state index contributed by atoms with van der Waals surface area (Å²) in [5.74, 6) is -0.630. The lowest BCUT2D eigenvalue weighted by Gasteiger charge is -2.13. The molecule has 1 atom stereocenters. The third-order valence-corrected chi connectivity index (χ3v) is 6.37. The number of nitrogen functional groups attached to an aromatic ring is 1. The second-order valence-corrected chi connectivity index (χ2v) is 9.12. The molecule has 0 radical (unpaired) electrons. The number of carboxylic acids is 1. The van der Waals surface area contributed by atoms with Crippen molar-refractivity contribution in [3.63, 3.8) is 0 Å². The van der Waals surface area contributed by atoms with Crippen LogP contribution in [-0.4, -0.2) is 36.8 Å². The number of rotatable bonds is 9. The van der Waals surface area contributed by atoms with Gasteiger partial charge in [0.25, 0.3) is 0 Å². The number of anilines is 1. The van der Waals surface area contributed by atoms with Crippen LogP contribution in [0.15, 0.2) is 79.0 Å². The Morgan fingerprint density at radius 3 is 2.38 bits per heavy atom. The van der Waals surface area contributed by atoms with Crippen molar-refractivity contribution in [2.45, 2.75) is 25.6 Å². The molecule has 11 heteroatoms. The van der Waals surface area contributed by atoms with E-state index in [1.165, 1.54) is 12.1 Å². The fourth-order valence-electron chi connectivity index (χ4n) is 4.33. The highest BCUT2D eigenvalue weighted by atomic mass is 35.5. The van der Waals surface area contributed by atoms with Gasteiger partial charge in [0, 0.05) is 12.7 Å². The maximum absolute atomic E-state index is 14.2. The number of hydrogen-bond acceptors (Lipinski definition) is 7. The minimum Gasteiger partial charge on any atom is -0.480 e. The zero-order valence-corrected chi connectivity index (χ0v) is 22.0. The third kappa shape index (κ3) is 6.20. The van der Waals surface area contributed by atoms with Crippen LogP contribution >= 0.6 is 12.4 Å². The molecule has 6 N–H and O–H groups in total. The van der Waals surface area contributed by atoms with Crippen molar-refractivity contribution in [3.05, 3.63) is 102 Å². The predicted octanol–water partition coefficient (Wildman–Crippen LogP) is 4.53. The first-order chi connectivity index (χ1) is 18.8. The minimum absolute atomic E-state index is 0. The van der Waals surface area contributed by atoms with Gasteiger partial charge in [0.05, 0.1) is 12.0 Å². The normalized spacial score (nSPS) is 11.7. The molecule has 5 aromatic rings. The zero-order chi connectivity index (χ0) is 27.5. The predicted molar refractivity (Wildman–Crippen MR) is 152 cm³/mol. The number of carboxylic acid groups (broad SMARTS) is 1. The van der Waals surface area contributed by atoms with E-state index in [9.17, 15) is 14.3 Å². The van der Waals surface area contributed by atoms with Crippen molar-refractivity contribution < 1.29 is 24.1 Å². The number of aromatic nitrogens is 3. The van der Waals surface area contributed by atoms with Gasteiger partial charge in [0.2, 0.25) is 11.8 Å². The summed E-state index contributed by atoms with van der Waals surface area (Å²) in [6, 6.07) is 19.7. The van der Waals surface area contributed by atoms with Crippen molar-refractivity contribution in [3.8, 4) is 22.8 Å². The van der Waals surface area contributed by atoms with Crippen LogP contribution in [0, 0.1) is 5.82 Å². The van der Waals surface area contributed by atoms with Crippen molar-refractivity contribution in [1.82, 2.24) is 14.5 Å². The number of aliphatic carboxylic acids is 1. The molecule has 0 unspecified atom stereocenters. The Bertz CT molecular complexity index is 1640. The van der Waals surface area contributed by atoms with Gasteiger partial charge in [0.15, 0.2) is 0 Å². The Kier molecular flexibility index (Phi) is 8.64. The van der Waals surface area contributed by atoms with Crippen LogP contribution in [0.1, 0.15) is 16.7 Å². The van der Waals surface area contributed by atoms with E-state index in [0.717, 1.165) is 27.8 Å². The van der Waals surface area contributed by atoms with Crippen LogP contribution < -0.4 is 16.2 Å². The number of aliphatic hydroxyl groups excluding tert-OH is 1. The largest absolute Gasteiger partial charge is 0.480 e. The molecule has 0 aliphatic carbocycles. The van der Waals surface area contributed by atoms with E-state index in [1.54, 1.807) is 42.5 Å². The molecule has 3 aromatic carbocycles. The van der Waals surface area contributed by atoms with Crippen molar-refractivity contribution in [2.24, 2.45) is 5.73 Å². The number of fused-ring (bicyclic) bond motifs is 1. The first-order valence-electron chi connectivity index (χ1n) is 12.2. The van der Waals surface area contributed by atoms with Crippen molar-refractivity contribution in [1.29, 1.82) is 0 Å². The van der Waals surface area contributed by atoms with Gasteiger partial charge in [-0.3, -0.25) is 4.79 Å². The summed E-state index contributed by atoms with van der Waals surface area (Å²) in [7, 11) is 0. The molecular formula is C29H27ClFN5O4. The fraction of sp³-hybridized carbons (Fsp3) is 0.138. The molecule has 0 saturated carbocycles. The summed E-state index contributed by atoms with van der Waals surface area (Å²) in [6.07, 6.45) is 2.03. The topological polar surface area (TPSA) is 150 Å². The molecule has 2 aromatic heterocycles. The highest BCUT2D eigenvalue weighted by Crippen LogP contribution is 2.31. The highest BCUT2D eigenvalue weighted by molar-refractivity contribution is 5.85. The average Bonchev–Trinajstić information content (AvgIpc) is 3.33. The van der Waals surface area contributed by atoms with Crippen LogP contribution in [0.2, 0.25) is 0 Å². The molecule has 0 aliphatic rings. The lowest BCUT2D eigenvalue weighted by atomic mass is 9.98. The molecule has 0 spiro atoms. The number of nitrogens with two attached hydrogens (primary N) is 2. The molecule has 0 bridgehead atoms. The third-order valence-electron chi connectivity index (χ3n) is 6.37. The monoisotopic (exact) mass is 563 g/mol. The van der Waals surface area contributed by atoms with Crippen LogP contribution in [-0.2, 0) is 24.4 Å². The van der Waals surface area contributed by atoms with E-state index in [0.29, 0.717) is 23.3 Å². The van der Waals surface area contributed by atoms with Gasteiger partial charge in [-0.15, -0.1) is 12.4 Å². The standard InChI is InChI=1S/C29H26FN5O4.ClH/c30-21-8-7-20(24(14-21)19-5-1-18(16-36)2-6-19)15-35-12-11-23-26(35)33-29(32)34-27(23)39-22-9-3-17(4-10-22)13-25(31)28(37)38;/h1-12,14,25,36H,13,15-16,31H2,(H,37,38)(H2,32,33,34);1H/t25-;/m0./s1. The number of carbonyl (C=O) groups is 1. The quantitative estimate of drug-likeness (QED) is 0.204. The second kappa shape index (κ2) is 12.1. The van der Waals surface area contributed by atoms with Gasteiger partial charge in [0.1, 0.15) is 23.3 Å². The number of benzene rings is 3. The van der Waals surface area contributed by atoms with E-state index in [1.807, 2.05) is 29.0 Å². The molecule has 40 heavy (non-hydrogen) atoms. The number of halogens is 2. The molecular weight excluding hydrogens is 537 g/mol. The molecule has 9 nitrogen and oxygen atoms in total. The molecule has 0 aliphatic heterocycles. The Morgan fingerprint density at radius 2 is 1.70 bits per heavy atom. The summed E-state index contributed by atoms with van der Waals surface area (Å²) < 4.78 is 22.1. The van der Waals surface area contributed by atoms with Crippen LogP contribution in [0.3, 0.4) is 0 Å². The van der Waals surface area contributed by atoms with Crippen molar-refractivity contribution in [2.75, 3.05) is 5.73 Å². The maximum Gasteiger partial charge on any atom is 0.320 e.